The fourth-order valence-corrected chi connectivity index (χ4v) is 2.57. The van der Waals surface area contributed by atoms with E-state index in [2.05, 4.69) is 36.0 Å². The largest absolute Gasteiger partial charge is 0.396 e. The second kappa shape index (κ2) is 5.94. The van der Waals surface area contributed by atoms with Gasteiger partial charge in [0.2, 0.25) is 0 Å². The standard InChI is InChI=1S/C13H12N10O3/c1-7(5-21-15-6-14-18-21)22-12(24)8-3-11-9(4-10(8)16-19-22)13(25)23(26-2)20-17-11/h3-4,6-7H,5H2,1-2H3/t7-/m1/s1. The molecule has 0 aliphatic heterocycles. The molecule has 0 unspecified atom stereocenters. The van der Waals surface area contributed by atoms with Crippen molar-refractivity contribution in [3.05, 3.63) is 39.2 Å². The molecule has 0 saturated carbocycles. The lowest BCUT2D eigenvalue weighted by molar-refractivity contribution is 0.115. The van der Waals surface area contributed by atoms with Crippen LogP contribution in [0.5, 0.6) is 0 Å². The Kier molecular flexibility index (Phi) is 3.60. The number of hydrogen-bond acceptors (Lipinski definition) is 10. The number of fused-ring (bicyclic) bond motifs is 2. The van der Waals surface area contributed by atoms with E-state index in [9.17, 15) is 9.59 Å². The van der Waals surface area contributed by atoms with Gasteiger partial charge >= 0.3 is 5.56 Å². The lowest BCUT2D eigenvalue weighted by Crippen LogP contribution is -2.31. The molecule has 13 heteroatoms. The summed E-state index contributed by atoms with van der Waals surface area (Å²) in [4.78, 5) is 31.9. The minimum absolute atomic E-state index is 0.223. The number of nitrogens with zero attached hydrogens (tertiary/aromatic N) is 10. The zero-order chi connectivity index (χ0) is 18.3. The van der Waals surface area contributed by atoms with Gasteiger partial charge < -0.3 is 4.84 Å². The van der Waals surface area contributed by atoms with Gasteiger partial charge in [0.25, 0.3) is 5.56 Å². The summed E-state index contributed by atoms with van der Waals surface area (Å²) in [7, 11) is 1.30. The van der Waals surface area contributed by atoms with Crippen LogP contribution >= 0.6 is 0 Å². The summed E-state index contributed by atoms with van der Waals surface area (Å²) in [5.41, 5.74) is -0.339. The van der Waals surface area contributed by atoms with Crippen LogP contribution in [0.2, 0.25) is 0 Å². The van der Waals surface area contributed by atoms with E-state index in [1.807, 2.05) is 0 Å². The lowest BCUT2D eigenvalue weighted by Gasteiger charge is -2.12. The van der Waals surface area contributed by atoms with Crippen LogP contribution < -0.4 is 16.0 Å². The van der Waals surface area contributed by atoms with Crippen LogP contribution in [0.1, 0.15) is 13.0 Å². The van der Waals surface area contributed by atoms with Crippen LogP contribution in [0.15, 0.2) is 28.0 Å². The molecule has 0 amide bonds. The summed E-state index contributed by atoms with van der Waals surface area (Å²) in [6, 6.07) is 2.55. The van der Waals surface area contributed by atoms with Crippen molar-refractivity contribution in [2.45, 2.75) is 19.5 Å². The maximum atomic E-state index is 12.8. The molecule has 3 aromatic heterocycles. The van der Waals surface area contributed by atoms with Gasteiger partial charge in [0.1, 0.15) is 18.1 Å². The maximum absolute atomic E-state index is 12.8. The predicted molar refractivity (Wildman–Crippen MR) is 86.2 cm³/mol. The van der Waals surface area contributed by atoms with E-state index in [4.69, 9.17) is 4.84 Å². The van der Waals surface area contributed by atoms with Gasteiger partial charge in [0, 0.05) is 0 Å². The quantitative estimate of drug-likeness (QED) is 0.383. The Morgan fingerprint density at radius 3 is 2.38 bits per heavy atom. The highest BCUT2D eigenvalue weighted by Crippen LogP contribution is 2.14. The van der Waals surface area contributed by atoms with Crippen molar-refractivity contribution in [2.24, 2.45) is 0 Å². The predicted octanol–water partition coefficient (Wildman–Crippen LogP) is -1.80. The van der Waals surface area contributed by atoms with Crippen LogP contribution in [-0.4, -0.2) is 57.5 Å². The smallest absolute Gasteiger partial charge is 0.314 e. The van der Waals surface area contributed by atoms with Crippen molar-refractivity contribution in [1.82, 2.24) is 50.4 Å². The maximum Gasteiger partial charge on any atom is 0.314 e. The molecule has 1 atom stereocenters. The van der Waals surface area contributed by atoms with E-state index in [0.29, 0.717) is 6.54 Å². The Hall–Kier alpha value is -3.77. The molecule has 4 rings (SSSR count). The zero-order valence-corrected chi connectivity index (χ0v) is 13.7. The van der Waals surface area contributed by atoms with E-state index in [0.717, 1.165) is 4.85 Å². The van der Waals surface area contributed by atoms with Gasteiger partial charge in [0.15, 0.2) is 6.33 Å². The molecule has 26 heavy (non-hydrogen) atoms. The Labute approximate surface area is 143 Å². The van der Waals surface area contributed by atoms with Crippen molar-refractivity contribution in [3.63, 3.8) is 0 Å². The number of aromatic nitrogens is 10. The average molecular weight is 356 g/mol. The van der Waals surface area contributed by atoms with Crippen molar-refractivity contribution in [2.75, 3.05) is 7.11 Å². The molecule has 0 aliphatic rings. The highest BCUT2D eigenvalue weighted by molar-refractivity contribution is 5.93. The topological polar surface area (TPSA) is 148 Å². The van der Waals surface area contributed by atoms with Gasteiger partial charge in [0.05, 0.1) is 23.4 Å². The molecule has 132 valence electrons. The monoisotopic (exact) mass is 356 g/mol. The van der Waals surface area contributed by atoms with Crippen molar-refractivity contribution in [1.29, 1.82) is 0 Å². The molecule has 0 bridgehead atoms. The van der Waals surface area contributed by atoms with Crippen LogP contribution in [0, 0.1) is 0 Å². The summed E-state index contributed by atoms with van der Waals surface area (Å²) in [5.74, 6) is 0. The average Bonchev–Trinajstić information content (AvgIpc) is 3.14. The molecule has 4 aromatic rings. The summed E-state index contributed by atoms with van der Waals surface area (Å²) < 4.78 is 1.22. The van der Waals surface area contributed by atoms with E-state index < -0.39 is 5.56 Å². The number of tetrazole rings is 1. The van der Waals surface area contributed by atoms with Gasteiger partial charge in [-0.05, 0) is 34.3 Å². The normalized spacial score (nSPS) is 12.5. The Bertz CT molecular complexity index is 1210. The van der Waals surface area contributed by atoms with Gasteiger partial charge in [-0.2, -0.15) is 4.80 Å². The van der Waals surface area contributed by atoms with E-state index in [-0.39, 0.29) is 33.4 Å². The molecule has 13 nitrogen and oxygen atoms in total. The highest BCUT2D eigenvalue weighted by atomic mass is 16.7. The van der Waals surface area contributed by atoms with Gasteiger partial charge in [-0.25, -0.2) is 4.68 Å². The van der Waals surface area contributed by atoms with Gasteiger partial charge in [-0.1, -0.05) is 5.21 Å². The SMILES string of the molecule is COn1nnc2cc3c(=O)n([C@H](C)Cn4ncnn4)nnc3cc2c1=O. The van der Waals surface area contributed by atoms with Crippen LogP contribution in [0.3, 0.4) is 0 Å². The molecule has 0 N–H and O–H groups in total. The number of hydrogen-bond donors (Lipinski definition) is 0. The first-order valence-corrected chi connectivity index (χ1v) is 7.52. The zero-order valence-electron chi connectivity index (χ0n) is 13.7. The van der Waals surface area contributed by atoms with Crippen molar-refractivity contribution < 1.29 is 4.84 Å². The number of rotatable bonds is 4. The molecular formula is C13H12N10O3. The summed E-state index contributed by atoms with van der Waals surface area (Å²) in [5, 5.41) is 27.3. The second-order valence-electron chi connectivity index (χ2n) is 5.52. The van der Waals surface area contributed by atoms with Crippen LogP contribution in [-0.2, 0) is 6.54 Å². The third-order valence-corrected chi connectivity index (χ3v) is 3.85. The first-order valence-electron chi connectivity index (χ1n) is 7.52. The Morgan fingerprint density at radius 2 is 1.73 bits per heavy atom. The molecule has 0 radical (unpaired) electrons. The first-order chi connectivity index (χ1) is 12.6. The molecule has 0 saturated heterocycles. The highest BCUT2D eigenvalue weighted by Gasteiger charge is 2.16. The van der Waals surface area contributed by atoms with Crippen molar-refractivity contribution >= 4 is 21.8 Å². The Morgan fingerprint density at radius 1 is 1.04 bits per heavy atom. The summed E-state index contributed by atoms with van der Waals surface area (Å²) >= 11 is 0. The molecule has 0 spiro atoms. The minimum Gasteiger partial charge on any atom is -0.396 e. The molecule has 1 aromatic carbocycles. The van der Waals surface area contributed by atoms with Gasteiger partial charge in [-0.3, -0.25) is 9.59 Å². The van der Waals surface area contributed by atoms with Crippen LogP contribution in [0.4, 0.5) is 0 Å². The van der Waals surface area contributed by atoms with E-state index in [1.54, 1.807) is 6.92 Å². The van der Waals surface area contributed by atoms with Crippen LogP contribution in [0.25, 0.3) is 21.8 Å². The fraction of sp³-hybridized carbons (Fsp3) is 0.308. The summed E-state index contributed by atoms with van der Waals surface area (Å²) in [6.07, 6.45) is 1.30. The lowest BCUT2D eigenvalue weighted by atomic mass is 10.2. The third-order valence-electron chi connectivity index (χ3n) is 3.85. The Balaban J connectivity index is 1.86. The molecule has 0 aliphatic carbocycles. The molecule has 0 fully saturated rings. The fourth-order valence-electron chi connectivity index (χ4n) is 2.57. The number of benzene rings is 1. The molecule has 3 heterocycles. The second-order valence-corrected chi connectivity index (χ2v) is 5.52. The summed E-state index contributed by atoms with van der Waals surface area (Å²) in [6.45, 7) is 2.08. The minimum atomic E-state index is -0.504. The first kappa shape index (κ1) is 15.7. The van der Waals surface area contributed by atoms with E-state index >= 15 is 0 Å². The van der Waals surface area contributed by atoms with E-state index in [1.165, 1.54) is 35.0 Å². The molecular weight excluding hydrogens is 344 g/mol. The third kappa shape index (κ3) is 2.45. The van der Waals surface area contributed by atoms with Gasteiger partial charge in [-0.15, -0.1) is 20.4 Å². The van der Waals surface area contributed by atoms with Crippen molar-refractivity contribution in [3.8, 4) is 0 Å².